The molecule has 1 aromatic carbocycles. The monoisotopic (exact) mass is 238 g/mol. The molecular formula is C13H15FO3. The lowest BCUT2D eigenvalue weighted by molar-refractivity contribution is -0.143. The molecule has 4 heteroatoms. The van der Waals surface area contributed by atoms with Gasteiger partial charge >= 0.3 is 5.97 Å². The summed E-state index contributed by atoms with van der Waals surface area (Å²) in [6.45, 7) is 2.28. The molecule has 0 aromatic heterocycles. The number of hydrogen-bond donors (Lipinski definition) is 0. The number of carbonyl (C=O) groups is 2. The number of Topliss-reactive ketones (excluding diaryl/α,β-unsaturated/α-hetero) is 1. The van der Waals surface area contributed by atoms with Gasteiger partial charge in [-0.1, -0.05) is 6.92 Å². The van der Waals surface area contributed by atoms with Gasteiger partial charge < -0.3 is 4.74 Å². The smallest absolute Gasteiger partial charge is 0.306 e. The molecule has 0 fully saturated rings. The Labute approximate surface area is 99.6 Å². The average Bonchev–Trinajstić information content (AvgIpc) is 2.34. The van der Waals surface area contributed by atoms with Crippen LogP contribution in [0.5, 0.6) is 0 Å². The van der Waals surface area contributed by atoms with E-state index in [1.165, 1.54) is 24.3 Å². The summed E-state index contributed by atoms with van der Waals surface area (Å²) in [5.74, 6) is -0.940. The number of carbonyl (C=O) groups excluding carboxylic acids is 2. The normalized spacial score (nSPS) is 10.0. The molecule has 0 unspecified atom stereocenters. The van der Waals surface area contributed by atoms with E-state index >= 15 is 0 Å². The minimum absolute atomic E-state index is 0.0657. The molecule has 1 rings (SSSR count). The Hall–Kier alpha value is -1.71. The van der Waals surface area contributed by atoms with Gasteiger partial charge in [0.25, 0.3) is 0 Å². The van der Waals surface area contributed by atoms with Crippen LogP contribution in [0.15, 0.2) is 24.3 Å². The van der Waals surface area contributed by atoms with Gasteiger partial charge in [0.1, 0.15) is 5.82 Å². The number of ketones is 1. The first kappa shape index (κ1) is 13.4. The van der Waals surface area contributed by atoms with Crippen LogP contribution in [0.3, 0.4) is 0 Å². The van der Waals surface area contributed by atoms with Crippen LogP contribution >= 0.6 is 0 Å². The molecule has 0 amide bonds. The molecule has 0 spiro atoms. The quantitative estimate of drug-likeness (QED) is 0.565. The van der Waals surface area contributed by atoms with Gasteiger partial charge in [0, 0.05) is 12.0 Å². The highest BCUT2D eigenvalue weighted by Gasteiger charge is 2.09. The summed E-state index contributed by atoms with van der Waals surface area (Å²) < 4.78 is 17.5. The number of esters is 1. The molecule has 0 aliphatic rings. The first-order valence-corrected chi connectivity index (χ1v) is 5.58. The molecule has 0 N–H and O–H groups in total. The fourth-order valence-electron chi connectivity index (χ4n) is 1.28. The summed E-state index contributed by atoms with van der Waals surface area (Å²) in [7, 11) is 0. The summed E-state index contributed by atoms with van der Waals surface area (Å²) >= 11 is 0. The summed E-state index contributed by atoms with van der Waals surface area (Å²) in [4.78, 5) is 22.8. The van der Waals surface area contributed by atoms with Crippen molar-refractivity contribution in [3.8, 4) is 0 Å². The SMILES string of the molecule is CCCOC(=O)CCC(=O)c1ccc(F)cc1. The fraction of sp³-hybridized carbons (Fsp3) is 0.385. The molecule has 0 saturated heterocycles. The highest BCUT2D eigenvalue weighted by Crippen LogP contribution is 2.07. The first-order valence-electron chi connectivity index (χ1n) is 5.58. The zero-order valence-corrected chi connectivity index (χ0v) is 9.74. The topological polar surface area (TPSA) is 43.4 Å². The van der Waals surface area contributed by atoms with Crippen LogP contribution in [0.1, 0.15) is 36.5 Å². The van der Waals surface area contributed by atoms with Crippen LogP contribution in [0.4, 0.5) is 4.39 Å². The molecule has 92 valence electrons. The number of rotatable bonds is 6. The van der Waals surface area contributed by atoms with Gasteiger partial charge in [0.05, 0.1) is 13.0 Å². The van der Waals surface area contributed by atoms with Gasteiger partial charge in [-0.3, -0.25) is 9.59 Å². The van der Waals surface area contributed by atoms with E-state index in [1.807, 2.05) is 6.92 Å². The van der Waals surface area contributed by atoms with Crippen molar-refractivity contribution in [3.05, 3.63) is 35.6 Å². The maximum Gasteiger partial charge on any atom is 0.306 e. The standard InChI is InChI=1S/C13H15FO3/c1-2-9-17-13(16)8-7-12(15)10-3-5-11(14)6-4-10/h3-6H,2,7-9H2,1H3. The second-order valence-electron chi connectivity index (χ2n) is 3.65. The molecule has 0 heterocycles. The minimum atomic E-state index is -0.385. The highest BCUT2D eigenvalue weighted by atomic mass is 19.1. The number of halogens is 1. The van der Waals surface area contributed by atoms with Crippen molar-refractivity contribution in [1.29, 1.82) is 0 Å². The van der Waals surface area contributed by atoms with Crippen molar-refractivity contribution in [2.75, 3.05) is 6.61 Å². The van der Waals surface area contributed by atoms with Gasteiger partial charge in [-0.25, -0.2) is 4.39 Å². The van der Waals surface area contributed by atoms with Crippen molar-refractivity contribution in [2.24, 2.45) is 0 Å². The molecule has 0 aliphatic heterocycles. The summed E-state index contributed by atoms with van der Waals surface area (Å²) in [6, 6.07) is 5.27. The number of benzene rings is 1. The van der Waals surface area contributed by atoms with E-state index in [4.69, 9.17) is 4.74 Å². The van der Waals surface area contributed by atoms with E-state index < -0.39 is 0 Å². The van der Waals surface area contributed by atoms with Crippen molar-refractivity contribution in [2.45, 2.75) is 26.2 Å². The third kappa shape index (κ3) is 4.76. The third-order valence-corrected chi connectivity index (χ3v) is 2.19. The van der Waals surface area contributed by atoms with E-state index in [2.05, 4.69) is 0 Å². The Morgan fingerprint density at radius 1 is 1.18 bits per heavy atom. The first-order chi connectivity index (χ1) is 8.13. The summed E-state index contributed by atoms with van der Waals surface area (Å²) in [5.41, 5.74) is 0.412. The van der Waals surface area contributed by atoms with Gasteiger partial charge in [-0.15, -0.1) is 0 Å². The maximum absolute atomic E-state index is 12.6. The van der Waals surface area contributed by atoms with Gasteiger partial charge in [-0.05, 0) is 30.7 Å². The average molecular weight is 238 g/mol. The lowest BCUT2D eigenvalue weighted by Gasteiger charge is -2.02. The third-order valence-electron chi connectivity index (χ3n) is 2.19. The van der Waals surface area contributed by atoms with Crippen LogP contribution < -0.4 is 0 Å². The van der Waals surface area contributed by atoms with Gasteiger partial charge in [0.15, 0.2) is 5.78 Å². The molecule has 0 radical (unpaired) electrons. The van der Waals surface area contributed by atoms with Crippen LogP contribution in [0, 0.1) is 5.82 Å². The van der Waals surface area contributed by atoms with Crippen molar-refractivity contribution >= 4 is 11.8 Å². The Morgan fingerprint density at radius 2 is 1.82 bits per heavy atom. The largest absolute Gasteiger partial charge is 0.466 e. The molecule has 17 heavy (non-hydrogen) atoms. The zero-order valence-electron chi connectivity index (χ0n) is 9.74. The Morgan fingerprint density at radius 3 is 2.41 bits per heavy atom. The lowest BCUT2D eigenvalue weighted by Crippen LogP contribution is -2.08. The van der Waals surface area contributed by atoms with E-state index in [0.717, 1.165) is 6.42 Å². The van der Waals surface area contributed by atoms with Crippen molar-refractivity contribution < 1.29 is 18.7 Å². The maximum atomic E-state index is 12.6. The second-order valence-corrected chi connectivity index (χ2v) is 3.65. The second kappa shape index (κ2) is 6.78. The Kier molecular flexibility index (Phi) is 5.33. The fourth-order valence-corrected chi connectivity index (χ4v) is 1.28. The van der Waals surface area contributed by atoms with E-state index in [9.17, 15) is 14.0 Å². The molecule has 3 nitrogen and oxygen atoms in total. The highest BCUT2D eigenvalue weighted by molar-refractivity contribution is 5.97. The predicted molar refractivity (Wildman–Crippen MR) is 61.2 cm³/mol. The zero-order chi connectivity index (χ0) is 12.7. The predicted octanol–water partition coefficient (Wildman–Crippen LogP) is 2.74. The van der Waals surface area contributed by atoms with Crippen molar-refractivity contribution in [3.63, 3.8) is 0 Å². The molecular weight excluding hydrogens is 223 g/mol. The lowest BCUT2D eigenvalue weighted by atomic mass is 10.1. The summed E-state index contributed by atoms with van der Waals surface area (Å²) in [6.07, 6.45) is 0.919. The van der Waals surface area contributed by atoms with Gasteiger partial charge in [-0.2, -0.15) is 0 Å². The molecule has 0 atom stereocenters. The molecule has 0 saturated carbocycles. The number of hydrogen-bond acceptors (Lipinski definition) is 3. The van der Waals surface area contributed by atoms with E-state index in [0.29, 0.717) is 12.2 Å². The summed E-state index contributed by atoms with van der Waals surface area (Å²) in [5, 5.41) is 0. The Balaban J connectivity index is 2.39. The molecule has 1 aromatic rings. The minimum Gasteiger partial charge on any atom is -0.466 e. The van der Waals surface area contributed by atoms with Crippen LogP contribution in [0.25, 0.3) is 0 Å². The van der Waals surface area contributed by atoms with E-state index in [-0.39, 0.29) is 30.4 Å². The van der Waals surface area contributed by atoms with Crippen LogP contribution in [-0.2, 0) is 9.53 Å². The van der Waals surface area contributed by atoms with Crippen LogP contribution in [0.2, 0.25) is 0 Å². The molecule has 0 aliphatic carbocycles. The van der Waals surface area contributed by atoms with E-state index in [1.54, 1.807) is 0 Å². The van der Waals surface area contributed by atoms with Crippen LogP contribution in [-0.4, -0.2) is 18.4 Å². The van der Waals surface area contributed by atoms with Crippen molar-refractivity contribution in [1.82, 2.24) is 0 Å². The Bertz CT molecular complexity index is 384. The number of ether oxygens (including phenoxy) is 1. The van der Waals surface area contributed by atoms with Gasteiger partial charge in [0.2, 0.25) is 0 Å². The molecule has 0 bridgehead atoms.